The summed E-state index contributed by atoms with van der Waals surface area (Å²) in [5.74, 6) is 1.26. The maximum Gasteiger partial charge on any atom is 0.146 e. The van der Waals surface area contributed by atoms with Crippen LogP contribution in [0.1, 0.15) is 16.7 Å². The predicted molar refractivity (Wildman–Crippen MR) is 83.9 cm³/mol. The highest BCUT2D eigenvalue weighted by Gasteiger charge is 2.11. The molecule has 0 atom stereocenters. The highest BCUT2D eigenvalue weighted by molar-refractivity contribution is 7.98. The minimum atomic E-state index is 0.560. The van der Waals surface area contributed by atoms with E-state index in [-0.39, 0.29) is 0 Å². The lowest BCUT2D eigenvalue weighted by molar-refractivity contribution is 0.479. The first kappa shape index (κ1) is 14.8. The van der Waals surface area contributed by atoms with Gasteiger partial charge in [0, 0.05) is 9.92 Å². The Bertz CT molecular complexity index is 668. The van der Waals surface area contributed by atoms with Crippen molar-refractivity contribution in [1.82, 2.24) is 0 Å². The fourth-order valence-electron chi connectivity index (χ4n) is 1.97. The van der Waals surface area contributed by atoms with Gasteiger partial charge in [-0.1, -0.05) is 17.7 Å². The summed E-state index contributed by atoms with van der Waals surface area (Å²) in [5.41, 5.74) is 2.48. The van der Waals surface area contributed by atoms with Gasteiger partial charge in [-0.2, -0.15) is 5.26 Å². The Labute approximate surface area is 128 Å². The molecule has 0 aliphatic heterocycles. The van der Waals surface area contributed by atoms with E-state index in [1.807, 2.05) is 44.4 Å². The molecule has 2 nitrogen and oxygen atoms in total. The number of halogens is 1. The Kier molecular flexibility index (Phi) is 4.59. The Morgan fingerprint density at radius 2 is 1.85 bits per heavy atom. The first-order valence-corrected chi connectivity index (χ1v) is 7.68. The molecule has 0 fully saturated rings. The van der Waals surface area contributed by atoms with Crippen LogP contribution < -0.4 is 4.74 Å². The molecule has 0 aliphatic carbocycles. The van der Waals surface area contributed by atoms with Gasteiger partial charge in [0.1, 0.15) is 23.1 Å². The number of hydrogen-bond donors (Lipinski definition) is 0. The maximum absolute atomic E-state index is 9.30. The number of thioether (sulfide) groups is 1. The number of benzene rings is 2. The molecule has 102 valence electrons. The van der Waals surface area contributed by atoms with Gasteiger partial charge in [0.25, 0.3) is 0 Å². The average Bonchev–Trinajstić information content (AvgIpc) is 2.44. The summed E-state index contributed by atoms with van der Waals surface area (Å²) in [5, 5.41) is 10.0. The third-order valence-electron chi connectivity index (χ3n) is 2.96. The Hall–Kier alpha value is -1.63. The summed E-state index contributed by atoms with van der Waals surface area (Å²) in [7, 11) is 0. The monoisotopic (exact) mass is 303 g/mol. The van der Waals surface area contributed by atoms with Crippen molar-refractivity contribution in [3.63, 3.8) is 0 Å². The van der Waals surface area contributed by atoms with Gasteiger partial charge >= 0.3 is 0 Å². The highest BCUT2D eigenvalue weighted by Crippen LogP contribution is 2.33. The molecule has 2 aromatic carbocycles. The van der Waals surface area contributed by atoms with Crippen LogP contribution in [0.4, 0.5) is 0 Å². The zero-order valence-corrected chi connectivity index (χ0v) is 13.1. The van der Waals surface area contributed by atoms with Gasteiger partial charge in [0.05, 0.1) is 0 Å². The molecule has 0 N–H and O–H groups in total. The predicted octanol–water partition coefficient (Wildman–Crippen LogP) is 5.34. The normalized spacial score (nSPS) is 10.2. The summed E-state index contributed by atoms with van der Waals surface area (Å²) in [6, 6.07) is 11.6. The van der Waals surface area contributed by atoms with Crippen LogP contribution in [-0.2, 0) is 0 Å². The molecule has 2 rings (SSSR count). The zero-order valence-electron chi connectivity index (χ0n) is 11.5. The molecular formula is C16H14ClNOS. The lowest BCUT2D eigenvalue weighted by Crippen LogP contribution is -1.92. The van der Waals surface area contributed by atoms with E-state index in [1.165, 1.54) is 11.8 Å². The van der Waals surface area contributed by atoms with E-state index < -0.39 is 0 Å². The molecule has 0 aliphatic rings. The quantitative estimate of drug-likeness (QED) is 0.717. The second-order valence-corrected chi connectivity index (χ2v) is 5.64. The second kappa shape index (κ2) is 6.21. The van der Waals surface area contributed by atoms with Crippen LogP contribution in [0.2, 0.25) is 5.02 Å². The van der Waals surface area contributed by atoms with Crippen molar-refractivity contribution in [3.8, 4) is 17.6 Å². The number of ether oxygens (including phenoxy) is 1. The van der Waals surface area contributed by atoms with Gasteiger partial charge in [-0.15, -0.1) is 11.8 Å². The highest BCUT2D eigenvalue weighted by atomic mass is 35.5. The van der Waals surface area contributed by atoms with Crippen molar-refractivity contribution in [1.29, 1.82) is 5.26 Å². The van der Waals surface area contributed by atoms with Crippen LogP contribution in [0.3, 0.4) is 0 Å². The molecule has 0 aromatic heterocycles. The number of rotatable bonds is 3. The molecule has 0 amide bonds. The van der Waals surface area contributed by atoms with Crippen molar-refractivity contribution in [3.05, 3.63) is 52.0 Å². The van der Waals surface area contributed by atoms with E-state index in [0.29, 0.717) is 17.1 Å². The Balaban J connectivity index is 2.43. The maximum atomic E-state index is 9.30. The van der Waals surface area contributed by atoms with Crippen molar-refractivity contribution >= 4 is 23.4 Å². The van der Waals surface area contributed by atoms with E-state index in [0.717, 1.165) is 21.0 Å². The van der Waals surface area contributed by atoms with Gasteiger partial charge in [0.2, 0.25) is 0 Å². The Morgan fingerprint density at radius 3 is 2.40 bits per heavy atom. The van der Waals surface area contributed by atoms with Crippen LogP contribution in [0.15, 0.2) is 35.2 Å². The van der Waals surface area contributed by atoms with Gasteiger partial charge in [-0.25, -0.2) is 0 Å². The van der Waals surface area contributed by atoms with Crippen molar-refractivity contribution in [2.75, 3.05) is 6.26 Å². The Morgan fingerprint density at radius 1 is 1.20 bits per heavy atom. The minimum absolute atomic E-state index is 0.560. The fourth-order valence-corrected chi connectivity index (χ4v) is 2.64. The van der Waals surface area contributed by atoms with E-state index in [1.54, 1.807) is 6.07 Å². The number of nitrogens with zero attached hydrogens (tertiary/aromatic N) is 1. The van der Waals surface area contributed by atoms with Crippen LogP contribution in [0.5, 0.6) is 11.5 Å². The summed E-state index contributed by atoms with van der Waals surface area (Å²) >= 11 is 7.68. The van der Waals surface area contributed by atoms with E-state index >= 15 is 0 Å². The lowest BCUT2D eigenvalue weighted by Gasteiger charge is -2.12. The molecule has 0 bridgehead atoms. The minimum Gasteiger partial charge on any atom is -0.456 e. The molecule has 0 saturated carbocycles. The van der Waals surface area contributed by atoms with Crippen molar-refractivity contribution in [2.24, 2.45) is 0 Å². The molecule has 0 unspecified atom stereocenters. The first-order valence-electron chi connectivity index (χ1n) is 6.08. The third-order valence-corrected chi connectivity index (χ3v) is 4.33. The van der Waals surface area contributed by atoms with Gasteiger partial charge in [-0.05, 0) is 55.5 Å². The molecule has 0 heterocycles. The molecule has 2 aromatic rings. The second-order valence-electron chi connectivity index (χ2n) is 4.42. The fraction of sp³-hybridized carbons (Fsp3) is 0.188. The van der Waals surface area contributed by atoms with E-state index in [4.69, 9.17) is 16.3 Å². The number of hydrogen-bond acceptors (Lipinski definition) is 3. The van der Waals surface area contributed by atoms with Crippen LogP contribution in [-0.4, -0.2) is 6.26 Å². The molecule has 0 saturated heterocycles. The van der Waals surface area contributed by atoms with E-state index in [9.17, 15) is 5.26 Å². The number of nitriles is 1. The first-order chi connectivity index (χ1) is 9.56. The summed E-state index contributed by atoms with van der Waals surface area (Å²) in [6.07, 6.45) is 1.94. The SMILES string of the molecule is CSc1cccc(Oc2cc(C)c(Cl)c(C)c2)c1C#N. The molecule has 0 radical (unpaired) electrons. The van der Waals surface area contributed by atoms with Crippen LogP contribution in [0, 0.1) is 25.2 Å². The lowest BCUT2D eigenvalue weighted by atomic mass is 10.1. The topological polar surface area (TPSA) is 33.0 Å². The van der Waals surface area contributed by atoms with Crippen molar-refractivity contribution in [2.45, 2.75) is 18.7 Å². The summed E-state index contributed by atoms with van der Waals surface area (Å²) in [6.45, 7) is 3.87. The summed E-state index contributed by atoms with van der Waals surface area (Å²) in [4.78, 5) is 0.910. The van der Waals surface area contributed by atoms with Crippen molar-refractivity contribution < 1.29 is 4.74 Å². The standard InChI is InChI=1S/C16H14ClNOS/c1-10-7-12(8-11(2)16(10)17)19-14-5-4-6-15(20-3)13(14)9-18/h4-8H,1-3H3. The van der Waals surface area contributed by atoms with Crippen LogP contribution in [0.25, 0.3) is 0 Å². The van der Waals surface area contributed by atoms with Gasteiger partial charge < -0.3 is 4.74 Å². The average molecular weight is 304 g/mol. The smallest absolute Gasteiger partial charge is 0.146 e. The zero-order chi connectivity index (χ0) is 14.7. The van der Waals surface area contributed by atoms with E-state index in [2.05, 4.69) is 6.07 Å². The summed E-state index contributed by atoms with van der Waals surface area (Å²) < 4.78 is 5.87. The third kappa shape index (κ3) is 2.92. The van der Waals surface area contributed by atoms with Gasteiger partial charge in [0.15, 0.2) is 0 Å². The molecule has 0 spiro atoms. The molecule has 4 heteroatoms. The number of aryl methyl sites for hydroxylation is 2. The van der Waals surface area contributed by atoms with Gasteiger partial charge in [-0.3, -0.25) is 0 Å². The largest absolute Gasteiger partial charge is 0.456 e. The molecule has 20 heavy (non-hydrogen) atoms. The molecular weight excluding hydrogens is 290 g/mol. The van der Waals surface area contributed by atoms with Crippen LogP contribution >= 0.6 is 23.4 Å².